The fourth-order valence-corrected chi connectivity index (χ4v) is 4.22. The highest BCUT2D eigenvalue weighted by molar-refractivity contribution is 7.18. The van der Waals surface area contributed by atoms with Crippen molar-refractivity contribution in [2.24, 2.45) is 0 Å². The average Bonchev–Trinajstić information content (AvgIpc) is 3.09. The van der Waals surface area contributed by atoms with Crippen molar-refractivity contribution in [1.82, 2.24) is 4.90 Å². The Bertz CT molecular complexity index is 965. The first-order valence-electron chi connectivity index (χ1n) is 9.95. The standard InChI is InChI=1S/C22H28N2O6S/c1-7-24(8-2)21(26)18-13(4)17(22(27)30-9-3)20(31-18)23-19(25)14-10-11-15(28-5)16(12-14)29-6/h10-12H,7-9H2,1-6H3,(H,23,25). The Kier molecular flexibility index (Phi) is 8.44. The largest absolute Gasteiger partial charge is 0.493 e. The highest BCUT2D eigenvalue weighted by Gasteiger charge is 2.28. The molecule has 0 fully saturated rings. The molecule has 0 bridgehead atoms. The van der Waals surface area contributed by atoms with Gasteiger partial charge in [-0.2, -0.15) is 0 Å². The lowest BCUT2D eigenvalue weighted by Crippen LogP contribution is -2.30. The number of hydrogen-bond donors (Lipinski definition) is 1. The molecule has 1 heterocycles. The monoisotopic (exact) mass is 448 g/mol. The molecule has 0 aliphatic rings. The van der Waals surface area contributed by atoms with E-state index in [1.54, 1.807) is 36.9 Å². The van der Waals surface area contributed by atoms with Crippen molar-refractivity contribution in [2.45, 2.75) is 27.7 Å². The van der Waals surface area contributed by atoms with E-state index in [2.05, 4.69) is 5.32 Å². The third-order valence-corrected chi connectivity index (χ3v) is 5.94. The van der Waals surface area contributed by atoms with Gasteiger partial charge in [-0.3, -0.25) is 9.59 Å². The van der Waals surface area contributed by atoms with Gasteiger partial charge in [-0.25, -0.2) is 4.79 Å². The van der Waals surface area contributed by atoms with E-state index in [1.165, 1.54) is 14.2 Å². The van der Waals surface area contributed by atoms with Gasteiger partial charge in [0.15, 0.2) is 11.5 Å². The second kappa shape index (κ2) is 10.8. The van der Waals surface area contributed by atoms with Gasteiger partial charge >= 0.3 is 5.97 Å². The van der Waals surface area contributed by atoms with E-state index in [1.807, 2.05) is 13.8 Å². The third-order valence-electron chi connectivity index (χ3n) is 4.74. The summed E-state index contributed by atoms with van der Waals surface area (Å²) in [5.74, 6) is -0.331. The maximum atomic E-state index is 12.9. The van der Waals surface area contributed by atoms with Gasteiger partial charge < -0.3 is 24.4 Å². The summed E-state index contributed by atoms with van der Waals surface area (Å²) >= 11 is 1.07. The first kappa shape index (κ1) is 24.2. The molecule has 1 aromatic carbocycles. The number of ether oxygens (including phenoxy) is 3. The van der Waals surface area contributed by atoms with E-state index in [0.29, 0.717) is 40.6 Å². The number of rotatable bonds is 9. The topological polar surface area (TPSA) is 94.2 Å². The molecule has 1 N–H and O–H groups in total. The molecule has 168 valence electrons. The van der Waals surface area contributed by atoms with Gasteiger partial charge in [-0.1, -0.05) is 0 Å². The van der Waals surface area contributed by atoms with Gasteiger partial charge in [0, 0.05) is 18.7 Å². The number of nitrogens with zero attached hydrogens (tertiary/aromatic N) is 1. The van der Waals surface area contributed by atoms with Crippen LogP contribution < -0.4 is 14.8 Å². The SMILES string of the molecule is CCOC(=O)c1c(NC(=O)c2ccc(OC)c(OC)c2)sc(C(=O)N(CC)CC)c1C. The first-order valence-corrected chi connectivity index (χ1v) is 10.8. The smallest absolute Gasteiger partial charge is 0.341 e. The molecule has 2 rings (SSSR count). The summed E-state index contributed by atoms with van der Waals surface area (Å²) < 4.78 is 15.6. The molecule has 2 amide bonds. The first-order chi connectivity index (χ1) is 14.8. The maximum absolute atomic E-state index is 12.9. The van der Waals surface area contributed by atoms with Crippen molar-refractivity contribution in [3.8, 4) is 11.5 Å². The van der Waals surface area contributed by atoms with Crippen molar-refractivity contribution in [3.63, 3.8) is 0 Å². The van der Waals surface area contributed by atoms with E-state index < -0.39 is 11.9 Å². The van der Waals surface area contributed by atoms with Gasteiger partial charge in [0.25, 0.3) is 11.8 Å². The fourth-order valence-electron chi connectivity index (χ4n) is 3.06. The second-order valence-corrected chi connectivity index (χ2v) is 7.50. The molecule has 0 radical (unpaired) electrons. The predicted octanol–water partition coefficient (Wildman–Crippen LogP) is 3.98. The number of nitrogens with one attached hydrogen (secondary N) is 1. The number of thiophene rings is 1. The Morgan fingerprint density at radius 2 is 1.68 bits per heavy atom. The Morgan fingerprint density at radius 1 is 1.03 bits per heavy atom. The van der Waals surface area contributed by atoms with Crippen molar-refractivity contribution in [2.75, 3.05) is 39.2 Å². The number of carbonyl (C=O) groups excluding carboxylic acids is 3. The van der Waals surface area contributed by atoms with Crippen LogP contribution in [0.2, 0.25) is 0 Å². The predicted molar refractivity (Wildman–Crippen MR) is 120 cm³/mol. The lowest BCUT2D eigenvalue weighted by molar-refractivity contribution is 0.0527. The Hall–Kier alpha value is -3.07. The van der Waals surface area contributed by atoms with Crippen molar-refractivity contribution in [3.05, 3.63) is 39.8 Å². The van der Waals surface area contributed by atoms with E-state index in [0.717, 1.165) is 11.3 Å². The summed E-state index contributed by atoms with van der Waals surface area (Å²) in [5.41, 5.74) is 0.995. The molecule has 0 spiro atoms. The van der Waals surface area contributed by atoms with Crippen LogP contribution in [0.25, 0.3) is 0 Å². The summed E-state index contributed by atoms with van der Waals surface area (Å²) in [6, 6.07) is 4.75. The van der Waals surface area contributed by atoms with E-state index in [9.17, 15) is 14.4 Å². The highest BCUT2D eigenvalue weighted by Crippen LogP contribution is 2.35. The molecule has 2 aromatic rings. The number of methoxy groups -OCH3 is 2. The van der Waals surface area contributed by atoms with Crippen LogP contribution in [0.15, 0.2) is 18.2 Å². The minimum Gasteiger partial charge on any atom is -0.493 e. The van der Waals surface area contributed by atoms with Crippen LogP contribution in [-0.2, 0) is 4.74 Å². The number of esters is 1. The van der Waals surface area contributed by atoms with E-state index in [4.69, 9.17) is 14.2 Å². The van der Waals surface area contributed by atoms with Gasteiger partial charge in [0.2, 0.25) is 0 Å². The molecular formula is C22H28N2O6S. The Morgan fingerprint density at radius 3 is 2.23 bits per heavy atom. The van der Waals surface area contributed by atoms with Crippen LogP contribution in [-0.4, -0.2) is 56.6 Å². The third kappa shape index (κ3) is 5.16. The Balaban J connectivity index is 2.47. The molecule has 0 aliphatic carbocycles. The molecular weight excluding hydrogens is 420 g/mol. The number of hydrogen-bond acceptors (Lipinski definition) is 7. The van der Waals surface area contributed by atoms with Crippen molar-refractivity contribution >= 4 is 34.1 Å². The van der Waals surface area contributed by atoms with Crippen LogP contribution in [0.5, 0.6) is 11.5 Å². The molecule has 0 atom stereocenters. The maximum Gasteiger partial charge on any atom is 0.341 e. The minimum atomic E-state index is -0.586. The average molecular weight is 449 g/mol. The summed E-state index contributed by atoms with van der Waals surface area (Å²) in [6.07, 6.45) is 0. The normalized spacial score (nSPS) is 10.4. The highest BCUT2D eigenvalue weighted by atomic mass is 32.1. The van der Waals surface area contributed by atoms with E-state index in [-0.39, 0.29) is 23.1 Å². The van der Waals surface area contributed by atoms with Crippen LogP contribution in [0.4, 0.5) is 5.00 Å². The summed E-state index contributed by atoms with van der Waals surface area (Å²) in [7, 11) is 2.98. The molecule has 0 aliphatic heterocycles. The number of amides is 2. The summed E-state index contributed by atoms with van der Waals surface area (Å²) in [6.45, 7) is 8.40. The zero-order valence-electron chi connectivity index (χ0n) is 18.7. The molecule has 0 saturated carbocycles. The molecule has 8 nitrogen and oxygen atoms in total. The minimum absolute atomic E-state index is 0.177. The summed E-state index contributed by atoms with van der Waals surface area (Å²) in [4.78, 5) is 40.5. The fraction of sp³-hybridized carbons (Fsp3) is 0.409. The number of benzene rings is 1. The van der Waals surface area contributed by atoms with Gasteiger partial charge in [0.1, 0.15) is 5.00 Å². The van der Waals surface area contributed by atoms with Gasteiger partial charge in [-0.15, -0.1) is 11.3 Å². The quantitative estimate of drug-likeness (QED) is 0.583. The van der Waals surface area contributed by atoms with Gasteiger partial charge in [0.05, 0.1) is 31.3 Å². The number of carbonyl (C=O) groups is 3. The molecule has 0 saturated heterocycles. The molecule has 1 aromatic heterocycles. The van der Waals surface area contributed by atoms with E-state index >= 15 is 0 Å². The zero-order chi connectivity index (χ0) is 23.1. The zero-order valence-corrected chi connectivity index (χ0v) is 19.5. The van der Waals surface area contributed by atoms with Crippen LogP contribution in [0.1, 0.15) is 56.7 Å². The number of anilines is 1. The lowest BCUT2D eigenvalue weighted by atomic mass is 10.1. The van der Waals surface area contributed by atoms with Crippen LogP contribution in [0, 0.1) is 6.92 Å². The molecule has 9 heteroatoms. The second-order valence-electron chi connectivity index (χ2n) is 6.48. The molecule has 31 heavy (non-hydrogen) atoms. The summed E-state index contributed by atoms with van der Waals surface area (Å²) in [5, 5.41) is 3.03. The van der Waals surface area contributed by atoms with Gasteiger partial charge in [-0.05, 0) is 51.5 Å². The lowest BCUT2D eigenvalue weighted by Gasteiger charge is -2.18. The van der Waals surface area contributed by atoms with Crippen LogP contribution in [0.3, 0.4) is 0 Å². The van der Waals surface area contributed by atoms with Crippen molar-refractivity contribution < 1.29 is 28.6 Å². The van der Waals surface area contributed by atoms with Crippen molar-refractivity contribution in [1.29, 1.82) is 0 Å². The Labute approximate surface area is 186 Å². The molecule has 0 unspecified atom stereocenters. The van der Waals surface area contributed by atoms with Crippen LogP contribution >= 0.6 is 11.3 Å².